The van der Waals surface area contributed by atoms with Gasteiger partial charge in [0.2, 0.25) is 6.10 Å². The van der Waals surface area contributed by atoms with Gasteiger partial charge in [0, 0.05) is 37.8 Å². The fourth-order valence-electron chi connectivity index (χ4n) is 4.56. The summed E-state index contributed by atoms with van der Waals surface area (Å²) in [6.45, 7) is 1.06. The molecule has 11 heteroatoms. The topological polar surface area (TPSA) is 99.2 Å². The Morgan fingerprint density at radius 2 is 1.81 bits per heavy atom. The van der Waals surface area contributed by atoms with Crippen LogP contribution in [0.15, 0.2) is 48.5 Å². The van der Waals surface area contributed by atoms with Crippen molar-refractivity contribution in [2.75, 3.05) is 25.0 Å². The lowest BCUT2D eigenvalue weighted by Gasteiger charge is -2.37. The SMILES string of the molecule is O=C(O)[C@@H](Cc1cccc(C(F)(F)F)c1)OC(=O)N1CCC(N2CCc3ccccc3NC2=O)CC1. The largest absolute Gasteiger partial charge is 0.478 e. The third-order valence-electron chi connectivity index (χ3n) is 6.50. The molecule has 4 rings (SSSR count). The second-order valence-corrected chi connectivity index (χ2v) is 8.86. The Bertz CT molecular complexity index is 1130. The van der Waals surface area contributed by atoms with Crippen LogP contribution in [0.3, 0.4) is 0 Å². The average Bonchev–Trinajstić information content (AvgIpc) is 3.01. The molecule has 3 amide bonds. The standard InChI is InChI=1S/C25H26F3N3O5/c26-25(27,28)18-6-3-4-16(14-18)15-21(22(32)33)36-24(35)30-11-9-19(10-12-30)31-13-8-17-5-1-2-7-20(17)29-23(31)34/h1-7,14,19,21H,8-13,15H2,(H,29,34)(H,32,33)/t21-/m1/s1. The lowest BCUT2D eigenvalue weighted by molar-refractivity contribution is -0.147. The molecule has 1 saturated heterocycles. The maximum atomic E-state index is 13.0. The van der Waals surface area contributed by atoms with Crippen molar-refractivity contribution in [3.05, 3.63) is 65.2 Å². The van der Waals surface area contributed by atoms with E-state index in [9.17, 15) is 32.7 Å². The summed E-state index contributed by atoms with van der Waals surface area (Å²) >= 11 is 0. The molecule has 192 valence electrons. The summed E-state index contributed by atoms with van der Waals surface area (Å²) in [5, 5.41) is 12.4. The van der Waals surface area contributed by atoms with E-state index in [1.54, 1.807) is 4.90 Å². The van der Waals surface area contributed by atoms with Gasteiger partial charge < -0.3 is 25.0 Å². The Morgan fingerprint density at radius 1 is 1.08 bits per heavy atom. The van der Waals surface area contributed by atoms with Crippen LogP contribution in [0.1, 0.15) is 29.5 Å². The normalized spacial score (nSPS) is 17.6. The molecular weight excluding hydrogens is 479 g/mol. The van der Waals surface area contributed by atoms with Crippen LogP contribution in [0.25, 0.3) is 0 Å². The zero-order valence-electron chi connectivity index (χ0n) is 19.3. The number of ether oxygens (including phenoxy) is 1. The number of carbonyl (C=O) groups is 3. The van der Waals surface area contributed by atoms with Gasteiger partial charge in [0.05, 0.1) is 5.56 Å². The van der Waals surface area contributed by atoms with Gasteiger partial charge in [-0.2, -0.15) is 13.2 Å². The fourth-order valence-corrected chi connectivity index (χ4v) is 4.56. The second kappa shape index (κ2) is 10.5. The van der Waals surface area contributed by atoms with E-state index in [4.69, 9.17) is 4.74 Å². The van der Waals surface area contributed by atoms with Crippen LogP contribution in [-0.2, 0) is 28.5 Å². The number of para-hydroxylation sites is 1. The number of hydrogen-bond acceptors (Lipinski definition) is 4. The number of halogens is 3. The molecule has 0 unspecified atom stereocenters. The van der Waals surface area contributed by atoms with Crippen molar-refractivity contribution in [1.82, 2.24) is 9.80 Å². The van der Waals surface area contributed by atoms with E-state index in [2.05, 4.69) is 5.32 Å². The maximum Gasteiger partial charge on any atom is 0.416 e. The van der Waals surface area contributed by atoms with Crippen LogP contribution in [0.2, 0.25) is 0 Å². The summed E-state index contributed by atoms with van der Waals surface area (Å²) < 4.78 is 44.0. The first-order valence-corrected chi connectivity index (χ1v) is 11.6. The zero-order chi connectivity index (χ0) is 25.9. The molecule has 0 spiro atoms. The fraction of sp³-hybridized carbons (Fsp3) is 0.400. The van der Waals surface area contributed by atoms with Gasteiger partial charge in [0.25, 0.3) is 0 Å². The van der Waals surface area contributed by atoms with Crippen molar-refractivity contribution in [2.24, 2.45) is 0 Å². The average molecular weight is 505 g/mol. The molecule has 1 atom stereocenters. The van der Waals surface area contributed by atoms with Crippen molar-refractivity contribution < 1.29 is 37.4 Å². The second-order valence-electron chi connectivity index (χ2n) is 8.86. The van der Waals surface area contributed by atoms with E-state index in [-0.39, 0.29) is 30.7 Å². The summed E-state index contributed by atoms with van der Waals surface area (Å²) in [7, 11) is 0. The van der Waals surface area contributed by atoms with Gasteiger partial charge in [-0.3, -0.25) is 0 Å². The summed E-state index contributed by atoms with van der Waals surface area (Å²) in [5.41, 5.74) is 1.02. The van der Waals surface area contributed by atoms with E-state index in [1.165, 1.54) is 17.0 Å². The minimum atomic E-state index is -4.57. The number of nitrogens with one attached hydrogen (secondary N) is 1. The highest BCUT2D eigenvalue weighted by Crippen LogP contribution is 2.30. The predicted octanol–water partition coefficient (Wildman–Crippen LogP) is 4.39. The summed E-state index contributed by atoms with van der Waals surface area (Å²) in [6, 6.07) is 11.6. The number of piperidine rings is 1. The number of likely N-dealkylation sites (tertiary alicyclic amines) is 1. The monoisotopic (exact) mass is 505 g/mol. The summed E-state index contributed by atoms with van der Waals surface area (Å²) in [5.74, 6) is -1.45. The first kappa shape index (κ1) is 25.3. The van der Waals surface area contributed by atoms with Crippen molar-refractivity contribution in [1.29, 1.82) is 0 Å². The smallest absolute Gasteiger partial charge is 0.416 e. The molecule has 0 aromatic heterocycles. The number of carboxylic acids is 1. The van der Waals surface area contributed by atoms with Crippen molar-refractivity contribution in [2.45, 2.75) is 44.0 Å². The van der Waals surface area contributed by atoms with Crippen molar-refractivity contribution in [3.63, 3.8) is 0 Å². The van der Waals surface area contributed by atoms with E-state index >= 15 is 0 Å². The molecule has 2 aliphatic rings. The molecule has 2 aromatic carbocycles. The molecule has 2 N–H and O–H groups in total. The lowest BCUT2D eigenvalue weighted by Crippen LogP contribution is -2.50. The molecule has 36 heavy (non-hydrogen) atoms. The Hall–Kier alpha value is -3.76. The number of anilines is 1. The van der Waals surface area contributed by atoms with Gasteiger partial charge in [-0.25, -0.2) is 14.4 Å². The molecule has 0 bridgehead atoms. The quantitative estimate of drug-likeness (QED) is 0.628. The number of urea groups is 1. The zero-order valence-corrected chi connectivity index (χ0v) is 19.3. The molecule has 8 nitrogen and oxygen atoms in total. The molecule has 0 radical (unpaired) electrons. The van der Waals surface area contributed by atoms with Crippen LogP contribution in [0.5, 0.6) is 0 Å². The van der Waals surface area contributed by atoms with Crippen molar-refractivity contribution in [3.8, 4) is 0 Å². The Morgan fingerprint density at radius 3 is 2.50 bits per heavy atom. The Balaban J connectivity index is 1.33. The van der Waals surface area contributed by atoms with Gasteiger partial charge >= 0.3 is 24.3 Å². The first-order chi connectivity index (χ1) is 17.1. The Labute approximate surface area is 205 Å². The van der Waals surface area contributed by atoms with Gasteiger partial charge in [-0.15, -0.1) is 0 Å². The molecule has 2 heterocycles. The molecule has 0 saturated carbocycles. The van der Waals surface area contributed by atoms with Crippen molar-refractivity contribution >= 4 is 23.8 Å². The number of benzene rings is 2. The summed E-state index contributed by atoms with van der Waals surface area (Å²) in [4.78, 5) is 40.2. The van der Waals surface area contributed by atoms with Crippen LogP contribution in [-0.4, -0.2) is 64.8 Å². The van der Waals surface area contributed by atoms with Crippen LogP contribution in [0, 0.1) is 0 Å². The number of rotatable bonds is 5. The predicted molar refractivity (Wildman–Crippen MR) is 124 cm³/mol. The van der Waals surface area contributed by atoms with Crippen LogP contribution < -0.4 is 5.32 Å². The van der Waals surface area contributed by atoms with E-state index in [0.29, 0.717) is 25.8 Å². The first-order valence-electron chi connectivity index (χ1n) is 11.6. The highest BCUT2D eigenvalue weighted by molar-refractivity contribution is 5.91. The van der Waals surface area contributed by atoms with Gasteiger partial charge in [0.1, 0.15) is 0 Å². The molecule has 2 aromatic rings. The minimum absolute atomic E-state index is 0.0938. The number of nitrogens with zero attached hydrogens (tertiary/aromatic N) is 2. The highest BCUT2D eigenvalue weighted by atomic mass is 19.4. The lowest BCUT2D eigenvalue weighted by atomic mass is 10.0. The highest BCUT2D eigenvalue weighted by Gasteiger charge is 2.34. The number of amides is 3. The van der Waals surface area contributed by atoms with E-state index in [0.717, 1.165) is 23.4 Å². The van der Waals surface area contributed by atoms with Gasteiger partial charge in [0.15, 0.2) is 0 Å². The van der Waals surface area contributed by atoms with Gasteiger partial charge in [-0.1, -0.05) is 36.4 Å². The number of carbonyl (C=O) groups excluding carboxylic acids is 2. The van der Waals surface area contributed by atoms with E-state index < -0.39 is 36.3 Å². The number of carboxylic acid groups (broad SMARTS) is 1. The van der Waals surface area contributed by atoms with Crippen LogP contribution in [0.4, 0.5) is 28.4 Å². The molecule has 0 aliphatic carbocycles. The molecule has 1 fully saturated rings. The summed E-state index contributed by atoms with van der Waals surface area (Å²) in [6.07, 6.45) is -5.76. The minimum Gasteiger partial charge on any atom is -0.478 e. The number of hydrogen-bond donors (Lipinski definition) is 2. The molecule has 2 aliphatic heterocycles. The Kier molecular flexibility index (Phi) is 7.37. The molecular formula is C25H26F3N3O5. The number of aliphatic carboxylic acids is 1. The van der Waals surface area contributed by atoms with E-state index in [1.807, 2.05) is 24.3 Å². The van der Waals surface area contributed by atoms with Gasteiger partial charge in [-0.05, 0) is 42.5 Å². The maximum absolute atomic E-state index is 13.0. The number of fused-ring (bicyclic) bond motifs is 1. The third kappa shape index (κ3) is 5.89. The van der Waals surface area contributed by atoms with Crippen LogP contribution >= 0.6 is 0 Å². The third-order valence-corrected chi connectivity index (χ3v) is 6.50. The number of alkyl halides is 3.